The lowest BCUT2D eigenvalue weighted by Crippen LogP contribution is -2.39. The topological polar surface area (TPSA) is 50.4 Å². The van der Waals surface area contributed by atoms with Gasteiger partial charge in [-0.25, -0.2) is 4.79 Å². The van der Waals surface area contributed by atoms with Crippen LogP contribution >= 0.6 is 0 Å². The molecule has 0 saturated heterocycles. The molecule has 0 bridgehead atoms. The molecule has 1 fully saturated rings. The lowest BCUT2D eigenvalue weighted by molar-refractivity contribution is 0.0505. The fraction of sp³-hybridized carbons (Fsp3) is 0.938. The zero-order valence-corrected chi connectivity index (χ0v) is 14.0. The van der Waals surface area contributed by atoms with Crippen molar-refractivity contribution in [2.75, 3.05) is 6.54 Å². The number of hydrogen-bond donors (Lipinski definition) is 2. The van der Waals surface area contributed by atoms with E-state index in [9.17, 15) is 4.79 Å². The lowest BCUT2D eigenvalue weighted by Gasteiger charge is -2.22. The van der Waals surface area contributed by atoms with Gasteiger partial charge in [0.1, 0.15) is 5.60 Å². The molecule has 0 aromatic carbocycles. The van der Waals surface area contributed by atoms with E-state index in [4.69, 9.17) is 4.74 Å². The summed E-state index contributed by atoms with van der Waals surface area (Å²) in [5.74, 6) is 1.40. The van der Waals surface area contributed by atoms with E-state index in [2.05, 4.69) is 31.4 Å². The summed E-state index contributed by atoms with van der Waals surface area (Å²) in [5.41, 5.74) is -0.424. The van der Waals surface area contributed by atoms with Crippen molar-refractivity contribution in [2.24, 2.45) is 11.8 Å². The highest BCUT2D eigenvalue weighted by molar-refractivity contribution is 5.68. The number of carbonyl (C=O) groups excluding carboxylic acids is 1. The van der Waals surface area contributed by atoms with Crippen LogP contribution in [-0.2, 0) is 4.74 Å². The molecule has 1 saturated carbocycles. The Balaban J connectivity index is 2.25. The summed E-state index contributed by atoms with van der Waals surface area (Å²) in [7, 11) is 0. The van der Waals surface area contributed by atoms with E-state index in [1.165, 1.54) is 0 Å². The summed E-state index contributed by atoms with van der Waals surface area (Å²) >= 11 is 0. The summed E-state index contributed by atoms with van der Waals surface area (Å²) in [6.45, 7) is 13.5. The molecule has 118 valence electrons. The highest BCUT2D eigenvalue weighted by Crippen LogP contribution is 2.20. The molecule has 0 aliphatic heterocycles. The van der Waals surface area contributed by atoms with Gasteiger partial charge in [0.25, 0.3) is 0 Å². The van der Waals surface area contributed by atoms with E-state index in [1.54, 1.807) is 0 Å². The molecule has 1 amide bonds. The van der Waals surface area contributed by atoms with Crippen molar-refractivity contribution >= 4 is 6.09 Å². The van der Waals surface area contributed by atoms with Gasteiger partial charge in [-0.2, -0.15) is 0 Å². The van der Waals surface area contributed by atoms with E-state index in [0.29, 0.717) is 17.9 Å². The second-order valence-electron chi connectivity index (χ2n) is 7.48. The molecule has 0 radical (unpaired) electrons. The van der Waals surface area contributed by atoms with Gasteiger partial charge >= 0.3 is 6.09 Å². The quantitative estimate of drug-likeness (QED) is 0.814. The smallest absolute Gasteiger partial charge is 0.407 e. The Morgan fingerprint density at radius 3 is 2.35 bits per heavy atom. The maximum Gasteiger partial charge on any atom is 0.407 e. The fourth-order valence-corrected chi connectivity index (χ4v) is 2.36. The van der Waals surface area contributed by atoms with Gasteiger partial charge in [-0.1, -0.05) is 20.8 Å². The molecule has 0 heterocycles. The van der Waals surface area contributed by atoms with Crippen LogP contribution in [-0.4, -0.2) is 30.3 Å². The average molecular weight is 284 g/mol. The Morgan fingerprint density at radius 1 is 1.20 bits per heavy atom. The molecule has 20 heavy (non-hydrogen) atoms. The number of carbonyl (C=O) groups is 1. The molecule has 4 nitrogen and oxygen atoms in total. The van der Waals surface area contributed by atoms with Crippen LogP contribution in [0.1, 0.15) is 60.8 Å². The van der Waals surface area contributed by atoms with Gasteiger partial charge in [0.05, 0.1) is 0 Å². The maximum atomic E-state index is 11.7. The van der Waals surface area contributed by atoms with E-state index in [1.807, 2.05) is 20.8 Å². The first-order chi connectivity index (χ1) is 9.17. The monoisotopic (exact) mass is 284 g/mol. The zero-order chi connectivity index (χ0) is 15.3. The fourth-order valence-electron chi connectivity index (χ4n) is 2.36. The van der Waals surface area contributed by atoms with E-state index in [-0.39, 0.29) is 12.1 Å². The normalized spacial score (nSPS) is 24.8. The van der Waals surface area contributed by atoms with Crippen LogP contribution in [0.2, 0.25) is 0 Å². The molecule has 1 rings (SSSR count). The Kier molecular flexibility index (Phi) is 6.31. The minimum Gasteiger partial charge on any atom is -0.444 e. The van der Waals surface area contributed by atoms with Gasteiger partial charge in [-0.3, -0.25) is 0 Å². The summed E-state index contributed by atoms with van der Waals surface area (Å²) < 4.78 is 5.29. The number of nitrogens with one attached hydrogen (secondary N) is 2. The average Bonchev–Trinajstić information content (AvgIpc) is 2.70. The van der Waals surface area contributed by atoms with Crippen molar-refractivity contribution in [3.8, 4) is 0 Å². The van der Waals surface area contributed by atoms with Crippen molar-refractivity contribution in [3.05, 3.63) is 0 Å². The number of alkyl carbamates (subject to hydrolysis) is 1. The van der Waals surface area contributed by atoms with E-state index >= 15 is 0 Å². The number of amides is 1. The molecule has 1 aliphatic rings. The minimum atomic E-state index is -0.424. The molecule has 4 heteroatoms. The SMILES string of the molecule is CC(C)C(C)CNC1CCC(NC(=O)OC(C)(C)C)C1. The van der Waals surface area contributed by atoms with Gasteiger partial charge in [0.2, 0.25) is 0 Å². The Hall–Kier alpha value is -0.770. The lowest BCUT2D eigenvalue weighted by atomic mass is 9.98. The number of hydrogen-bond acceptors (Lipinski definition) is 3. The van der Waals surface area contributed by atoms with Crippen LogP contribution < -0.4 is 10.6 Å². The van der Waals surface area contributed by atoms with Crippen LogP contribution in [0.4, 0.5) is 4.79 Å². The van der Waals surface area contributed by atoms with Crippen molar-refractivity contribution in [2.45, 2.75) is 78.5 Å². The Morgan fingerprint density at radius 2 is 1.80 bits per heavy atom. The van der Waals surface area contributed by atoms with Gasteiger partial charge in [0.15, 0.2) is 0 Å². The molecule has 1 aliphatic carbocycles. The van der Waals surface area contributed by atoms with Crippen LogP contribution in [0.15, 0.2) is 0 Å². The van der Waals surface area contributed by atoms with Crippen LogP contribution in [0.25, 0.3) is 0 Å². The summed E-state index contributed by atoms with van der Waals surface area (Å²) in [6.07, 6.45) is 2.88. The number of ether oxygens (including phenoxy) is 1. The number of rotatable bonds is 5. The molecule has 3 atom stereocenters. The van der Waals surface area contributed by atoms with Gasteiger partial charge < -0.3 is 15.4 Å². The Labute approximate surface area is 124 Å². The van der Waals surface area contributed by atoms with Crippen molar-refractivity contribution < 1.29 is 9.53 Å². The first-order valence-corrected chi connectivity index (χ1v) is 7.90. The molecule has 0 spiro atoms. The highest BCUT2D eigenvalue weighted by atomic mass is 16.6. The summed E-state index contributed by atoms with van der Waals surface area (Å²) in [6, 6.07) is 0.771. The molecular formula is C16H32N2O2. The standard InChI is InChI=1S/C16H32N2O2/c1-11(2)12(3)10-17-13-7-8-14(9-13)18-15(19)20-16(4,5)6/h11-14,17H,7-10H2,1-6H3,(H,18,19). The largest absolute Gasteiger partial charge is 0.444 e. The first-order valence-electron chi connectivity index (χ1n) is 7.90. The molecular weight excluding hydrogens is 252 g/mol. The molecule has 0 aromatic rings. The van der Waals surface area contributed by atoms with E-state index < -0.39 is 5.60 Å². The first kappa shape index (κ1) is 17.3. The van der Waals surface area contributed by atoms with Gasteiger partial charge in [-0.15, -0.1) is 0 Å². The molecule has 3 unspecified atom stereocenters. The van der Waals surface area contributed by atoms with Crippen LogP contribution in [0.5, 0.6) is 0 Å². The predicted octanol–water partition coefficient (Wildman–Crippen LogP) is 3.31. The Bertz CT molecular complexity index is 310. The van der Waals surface area contributed by atoms with Crippen LogP contribution in [0, 0.1) is 11.8 Å². The minimum absolute atomic E-state index is 0.247. The highest BCUT2D eigenvalue weighted by Gasteiger charge is 2.27. The maximum absolute atomic E-state index is 11.7. The molecule has 0 aromatic heterocycles. The predicted molar refractivity (Wildman–Crippen MR) is 82.8 cm³/mol. The van der Waals surface area contributed by atoms with Gasteiger partial charge in [0, 0.05) is 12.1 Å². The third-order valence-corrected chi connectivity index (χ3v) is 4.02. The third kappa shape index (κ3) is 6.60. The van der Waals surface area contributed by atoms with Crippen LogP contribution in [0.3, 0.4) is 0 Å². The van der Waals surface area contributed by atoms with Crippen molar-refractivity contribution in [3.63, 3.8) is 0 Å². The summed E-state index contributed by atoms with van der Waals surface area (Å²) in [5, 5.41) is 6.60. The van der Waals surface area contributed by atoms with E-state index in [0.717, 1.165) is 25.8 Å². The second-order valence-corrected chi connectivity index (χ2v) is 7.48. The van der Waals surface area contributed by atoms with Crippen molar-refractivity contribution in [1.82, 2.24) is 10.6 Å². The van der Waals surface area contributed by atoms with Crippen molar-refractivity contribution in [1.29, 1.82) is 0 Å². The van der Waals surface area contributed by atoms with Gasteiger partial charge in [-0.05, 0) is 58.4 Å². The zero-order valence-electron chi connectivity index (χ0n) is 14.0. The summed E-state index contributed by atoms with van der Waals surface area (Å²) in [4.78, 5) is 11.7. The third-order valence-electron chi connectivity index (χ3n) is 4.02. The molecule has 2 N–H and O–H groups in total. The second kappa shape index (κ2) is 7.30.